The van der Waals surface area contributed by atoms with Crippen LogP contribution in [0.3, 0.4) is 0 Å². The second-order valence-corrected chi connectivity index (χ2v) is 7.77. The van der Waals surface area contributed by atoms with Crippen LogP contribution in [0.5, 0.6) is 0 Å². The first-order valence-electron chi connectivity index (χ1n) is 9.51. The molecule has 24 heavy (non-hydrogen) atoms. The smallest absolute Gasteiger partial charge is 0.144 e. The number of nitrogens with zero attached hydrogens (tertiary/aromatic N) is 1. The van der Waals surface area contributed by atoms with Crippen molar-refractivity contribution in [2.45, 2.75) is 70.6 Å². The van der Waals surface area contributed by atoms with Crippen molar-refractivity contribution in [3.63, 3.8) is 0 Å². The standard InChI is InChI=1S/C21H27F2N/c1-2-14-3-5-15(6-4-14)16-7-9-17(10-8-16)18-11-20(22)19(13-24)21(23)12-18/h11-12,14-17H,2-10H2,1H3/t14-,15-,16?,17?. The predicted molar refractivity (Wildman–Crippen MR) is 91.5 cm³/mol. The normalized spacial score (nSPS) is 30.8. The fraction of sp³-hybridized carbons (Fsp3) is 0.667. The molecule has 3 rings (SSSR count). The Kier molecular flexibility index (Phi) is 5.54. The second-order valence-electron chi connectivity index (χ2n) is 7.77. The lowest BCUT2D eigenvalue weighted by Crippen LogP contribution is -2.25. The van der Waals surface area contributed by atoms with Crippen molar-refractivity contribution in [3.05, 3.63) is 34.9 Å². The number of halogens is 2. The van der Waals surface area contributed by atoms with Crippen molar-refractivity contribution in [3.8, 4) is 6.07 Å². The summed E-state index contributed by atoms with van der Waals surface area (Å²) in [4.78, 5) is 0. The monoisotopic (exact) mass is 331 g/mol. The average Bonchev–Trinajstić information content (AvgIpc) is 2.62. The number of rotatable bonds is 3. The van der Waals surface area contributed by atoms with Gasteiger partial charge in [-0.25, -0.2) is 8.78 Å². The zero-order chi connectivity index (χ0) is 17.1. The van der Waals surface area contributed by atoms with E-state index in [0.29, 0.717) is 0 Å². The lowest BCUT2D eigenvalue weighted by molar-refractivity contribution is 0.158. The van der Waals surface area contributed by atoms with Crippen LogP contribution in [0.4, 0.5) is 8.78 Å². The lowest BCUT2D eigenvalue weighted by atomic mass is 9.68. The molecule has 2 saturated carbocycles. The molecule has 0 saturated heterocycles. The van der Waals surface area contributed by atoms with E-state index in [1.54, 1.807) is 6.07 Å². The van der Waals surface area contributed by atoms with Crippen molar-refractivity contribution < 1.29 is 8.78 Å². The summed E-state index contributed by atoms with van der Waals surface area (Å²) in [5.74, 6) is 1.41. The summed E-state index contributed by atoms with van der Waals surface area (Å²) < 4.78 is 27.7. The van der Waals surface area contributed by atoms with E-state index in [1.807, 2.05) is 0 Å². The molecule has 1 nitrogen and oxygen atoms in total. The number of hydrogen-bond donors (Lipinski definition) is 0. The molecule has 3 heteroatoms. The van der Waals surface area contributed by atoms with Gasteiger partial charge in [-0.05, 0) is 79.9 Å². The van der Waals surface area contributed by atoms with Crippen molar-refractivity contribution in [2.24, 2.45) is 17.8 Å². The molecule has 1 aromatic carbocycles. The van der Waals surface area contributed by atoms with Crippen LogP contribution in [0.1, 0.15) is 81.8 Å². The summed E-state index contributed by atoms with van der Waals surface area (Å²) in [5.41, 5.74) is 0.275. The summed E-state index contributed by atoms with van der Waals surface area (Å²) in [5, 5.41) is 8.79. The predicted octanol–water partition coefficient (Wildman–Crippen LogP) is 6.33. The van der Waals surface area contributed by atoms with E-state index in [1.165, 1.54) is 57.1 Å². The Morgan fingerprint density at radius 2 is 1.42 bits per heavy atom. The van der Waals surface area contributed by atoms with Gasteiger partial charge in [-0.1, -0.05) is 26.2 Å². The van der Waals surface area contributed by atoms with E-state index < -0.39 is 17.2 Å². The molecule has 2 fully saturated rings. The quantitative estimate of drug-likeness (QED) is 0.635. The van der Waals surface area contributed by atoms with Gasteiger partial charge in [0, 0.05) is 0 Å². The molecule has 0 radical (unpaired) electrons. The molecule has 2 aliphatic rings. The SMILES string of the molecule is CC[C@H]1CC[C@H](C2CCC(c3cc(F)c(C#N)c(F)c3)CC2)CC1. The van der Waals surface area contributed by atoms with E-state index in [2.05, 4.69) is 6.92 Å². The van der Waals surface area contributed by atoms with Gasteiger partial charge < -0.3 is 0 Å². The summed E-state index contributed by atoms with van der Waals surface area (Å²) in [7, 11) is 0. The maximum atomic E-state index is 13.8. The van der Waals surface area contributed by atoms with Crippen LogP contribution in [0.25, 0.3) is 0 Å². The van der Waals surface area contributed by atoms with Gasteiger partial charge in [0.1, 0.15) is 23.3 Å². The molecule has 2 aliphatic carbocycles. The van der Waals surface area contributed by atoms with Crippen LogP contribution in [0.2, 0.25) is 0 Å². The van der Waals surface area contributed by atoms with E-state index in [0.717, 1.165) is 36.2 Å². The largest absolute Gasteiger partial charge is 0.205 e. The first kappa shape index (κ1) is 17.4. The Morgan fingerprint density at radius 1 is 0.917 bits per heavy atom. The van der Waals surface area contributed by atoms with Gasteiger partial charge in [0.05, 0.1) is 0 Å². The molecule has 0 heterocycles. The summed E-state index contributed by atoms with van der Waals surface area (Å²) in [6.45, 7) is 2.30. The molecule has 0 atom stereocenters. The first-order chi connectivity index (χ1) is 11.6. The van der Waals surface area contributed by atoms with Crippen LogP contribution in [0.15, 0.2) is 12.1 Å². The Hall–Kier alpha value is -1.43. The van der Waals surface area contributed by atoms with E-state index >= 15 is 0 Å². The molecule has 0 amide bonds. The Labute approximate surface area is 144 Å². The van der Waals surface area contributed by atoms with Gasteiger partial charge in [-0.3, -0.25) is 0 Å². The van der Waals surface area contributed by atoms with Gasteiger partial charge in [0.2, 0.25) is 0 Å². The van der Waals surface area contributed by atoms with Gasteiger partial charge in [-0.15, -0.1) is 0 Å². The lowest BCUT2D eigenvalue weighted by Gasteiger charge is -2.38. The first-order valence-corrected chi connectivity index (χ1v) is 9.51. The molecule has 0 N–H and O–H groups in total. The van der Waals surface area contributed by atoms with Gasteiger partial charge >= 0.3 is 0 Å². The molecular formula is C21H27F2N. The van der Waals surface area contributed by atoms with Gasteiger partial charge in [0.15, 0.2) is 0 Å². The molecule has 0 spiro atoms. The maximum absolute atomic E-state index is 13.8. The van der Waals surface area contributed by atoms with Crippen molar-refractivity contribution in [1.82, 2.24) is 0 Å². The van der Waals surface area contributed by atoms with E-state index in [-0.39, 0.29) is 5.92 Å². The molecular weight excluding hydrogens is 304 g/mol. The molecule has 0 aromatic heterocycles. The number of nitriles is 1. The van der Waals surface area contributed by atoms with E-state index in [9.17, 15) is 8.78 Å². The summed E-state index contributed by atoms with van der Waals surface area (Å²) in [6, 6.07) is 4.35. The Morgan fingerprint density at radius 3 is 1.88 bits per heavy atom. The van der Waals surface area contributed by atoms with Gasteiger partial charge in [-0.2, -0.15) is 5.26 Å². The number of hydrogen-bond acceptors (Lipinski definition) is 1. The molecule has 1 aromatic rings. The van der Waals surface area contributed by atoms with Gasteiger partial charge in [0.25, 0.3) is 0 Å². The van der Waals surface area contributed by atoms with Crippen LogP contribution in [-0.4, -0.2) is 0 Å². The van der Waals surface area contributed by atoms with Crippen LogP contribution in [-0.2, 0) is 0 Å². The van der Waals surface area contributed by atoms with Crippen LogP contribution >= 0.6 is 0 Å². The fourth-order valence-electron chi connectivity index (χ4n) is 4.93. The van der Waals surface area contributed by atoms with Crippen molar-refractivity contribution in [1.29, 1.82) is 5.26 Å². The van der Waals surface area contributed by atoms with Crippen molar-refractivity contribution in [2.75, 3.05) is 0 Å². The molecule has 0 bridgehead atoms. The summed E-state index contributed by atoms with van der Waals surface area (Å²) in [6.07, 6.45) is 11.2. The second kappa shape index (κ2) is 7.64. The van der Waals surface area contributed by atoms with Crippen LogP contribution in [0, 0.1) is 40.7 Å². The minimum Gasteiger partial charge on any atom is -0.205 e. The molecule has 0 unspecified atom stereocenters. The topological polar surface area (TPSA) is 23.8 Å². The zero-order valence-electron chi connectivity index (χ0n) is 14.5. The third-order valence-electron chi connectivity index (χ3n) is 6.55. The maximum Gasteiger partial charge on any atom is 0.144 e. The third kappa shape index (κ3) is 3.63. The highest BCUT2D eigenvalue weighted by molar-refractivity contribution is 5.36. The van der Waals surface area contributed by atoms with Crippen molar-refractivity contribution >= 4 is 0 Å². The highest BCUT2D eigenvalue weighted by atomic mass is 19.1. The average molecular weight is 331 g/mol. The Bertz CT molecular complexity index is 580. The third-order valence-corrected chi connectivity index (χ3v) is 6.55. The Balaban J connectivity index is 1.59. The molecule has 130 valence electrons. The highest BCUT2D eigenvalue weighted by Crippen LogP contribution is 2.44. The fourth-order valence-corrected chi connectivity index (χ4v) is 4.93. The molecule has 0 aliphatic heterocycles. The van der Waals surface area contributed by atoms with Crippen LogP contribution < -0.4 is 0 Å². The minimum absolute atomic E-state index is 0.241. The number of benzene rings is 1. The zero-order valence-corrected chi connectivity index (χ0v) is 14.5. The highest BCUT2D eigenvalue weighted by Gasteiger charge is 2.31. The minimum atomic E-state index is -0.715. The van der Waals surface area contributed by atoms with E-state index in [4.69, 9.17) is 5.26 Å². The summed E-state index contributed by atoms with van der Waals surface area (Å²) >= 11 is 0.